The van der Waals surface area contributed by atoms with Gasteiger partial charge in [0.1, 0.15) is 0 Å². The number of rotatable bonds is 3. The summed E-state index contributed by atoms with van der Waals surface area (Å²) >= 11 is 0. The molecule has 64 valence electrons. The molecule has 1 unspecified atom stereocenters. The van der Waals surface area contributed by atoms with Crippen molar-refractivity contribution in [1.82, 2.24) is 0 Å². The Labute approximate surface area is 69.4 Å². The van der Waals surface area contributed by atoms with E-state index in [1.165, 1.54) is 25.7 Å². The standard InChI is InChI=1S/C10H19N/c1-7-9-5-4-8(10(7)9)3-2-6-11/h7-10H,2-6,11H2,1H3/t7-,8-,9?,10+/m0/s1. The monoisotopic (exact) mass is 153 g/mol. The van der Waals surface area contributed by atoms with E-state index in [1.54, 1.807) is 0 Å². The molecule has 1 nitrogen and oxygen atoms in total. The van der Waals surface area contributed by atoms with E-state index >= 15 is 0 Å². The highest BCUT2D eigenvalue weighted by Crippen LogP contribution is 2.61. The van der Waals surface area contributed by atoms with Crippen molar-refractivity contribution in [2.45, 2.75) is 32.6 Å². The van der Waals surface area contributed by atoms with Crippen LogP contribution < -0.4 is 5.73 Å². The van der Waals surface area contributed by atoms with Crippen LogP contribution in [0.5, 0.6) is 0 Å². The molecular weight excluding hydrogens is 134 g/mol. The van der Waals surface area contributed by atoms with Gasteiger partial charge in [-0.1, -0.05) is 6.92 Å². The number of fused-ring (bicyclic) bond motifs is 1. The van der Waals surface area contributed by atoms with E-state index in [9.17, 15) is 0 Å². The Bertz CT molecular complexity index is 144. The Kier molecular flexibility index (Phi) is 1.92. The van der Waals surface area contributed by atoms with Gasteiger partial charge in [-0.25, -0.2) is 0 Å². The number of nitrogens with two attached hydrogens (primary N) is 1. The van der Waals surface area contributed by atoms with Crippen LogP contribution >= 0.6 is 0 Å². The maximum absolute atomic E-state index is 5.50. The molecule has 0 aromatic heterocycles. The van der Waals surface area contributed by atoms with Crippen molar-refractivity contribution in [2.24, 2.45) is 29.4 Å². The molecule has 0 spiro atoms. The van der Waals surface area contributed by atoms with Gasteiger partial charge in [-0.15, -0.1) is 0 Å². The molecule has 2 saturated carbocycles. The van der Waals surface area contributed by atoms with Gasteiger partial charge in [0.15, 0.2) is 0 Å². The van der Waals surface area contributed by atoms with Crippen molar-refractivity contribution in [3.05, 3.63) is 0 Å². The van der Waals surface area contributed by atoms with Crippen LogP contribution in [0.2, 0.25) is 0 Å². The highest BCUT2D eigenvalue weighted by atomic mass is 14.6. The fourth-order valence-electron chi connectivity index (χ4n) is 3.13. The van der Waals surface area contributed by atoms with Crippen LogP contribution in [0.25, 0.3) is 0 Å². The molecule has 0 bridgehead atoms. The largest absolute Gasteiger partial charge is 0.330 e. The molecule has 0 amide bonds. The molecule has 2 aliphatic carbocycles. The quantitative estimate of drug-likeness (QED) is 0.659. The molecular formula is C10H19N. The van der Waals surface area contributed by atoms with Gasteiger partial charge >= 0.3 is 0 Å². The summed E-state index contributed by atoms with van der Waals surface area (Å²) in [6.45, 7) is 3.31. The minimum absolute atomic E-state index is 0.891. The summed E-state index contributed by atoms with van der Waals surface area (Å²) in [5.74, 6) is 4.35. The first-order valence-corrected chi connectivity index (χ1v) is 5.04. The van der Waals surface area contributed by atoms with Gasteiger partial charge in [-0.2, -0.15) is 0 Å². The molecule has 2 fully saturated rings. The predicted molar refractivity (Wildman–Crippen MR) is 47.2 cm³/mol. The van der Waals surface area contributed by atoms with Crippen LogP contribution in [0, 0.1) is 23.7 Å². The molecule has 0 heterocycles. The molecule has 0 aliphatic heterocycles. The smallest absolute Gasteiger partial charge is 0.00772 e. The molecule has 0 saturated heterocycles. The zero-order valence-electron chi connectivity index (χ0n) is 7.42. The van der Waals surface area contributed by atoms with Crippen LogP contribution in [0.15, 0.2) is 0 Å². The lowest BCUT2D eigenvalue weighted by Crippen LogP contribution is -2.06. The minimum atomic E-state index is 0.891. The van der Waals surface area contributed by atoms with E-state index in [0.717, 1.165) is 30.2 Å². The zero-order valence-corrected chi connectivity index (χ0v) is 7.42. The first-order chi connectivity index (χ1) is 5.34. The first kappa shape index (κ1) is 7.60. The third-order valence-electron chi connectivity index (χ3n) is 3.83. The van der Waals surface area contributed by atoms with Crippen LogP contribution in [-0.2, 0) is 0 Å². The molecule has 0 aromatic carbocycles. The molecule has 0 radical (unpaired) electrons. The molecule has 1 heteroatoms. The summed E-state index contributed by atoms with van der Waals surface area (Å²) in [4.78, 5) is 0. The highest BCUT2D eigenvalue weighted by molar-refractivity contribution is 5.02. The third kappa shape index (κ3) is 1.20. The van der Waals surface area contributed by atoms with Crippen LogP contribution in [0.4, 0.5) is 0 Å². The highest BCUT2D eigenvalue weighted by Gasteiger charge is 2.54. The number of hydrogen-bond donors (Lipinski definition) is 1. The Balaban J connectivity index is 1.78. The fourth-order valence-corrected chi connectivity index (χ4v) is 3.13. The first-order valence-electron chi connectivity index (χ1n) is 5.04. The summed E-state index contributed by atoms with van der Waals surface area (Å²) in [7, 11) is 0. The average Bonchev–Trinajstić information content (AvgIpc) is 2.46. The summed E-state index contributed by atoms with van der Waals surface area (Å²) in [5, 5.41) is 0. The summed E-state index contributed by atoms with van der Waals surface area (Å²) in [5.41, 5.74) is 5.50. The van der Waals surface area contributed by atoms with E-state index in [1.807, 2.05) is 0 Å². The predicted octanol–water partition coefficient (Wildman–Crippen LogP) is 2.02. The van der Waals surface area contributed by atoms with Crippen LogP contribution in [0.1, 0.15) is 32.6 Å². The Morgan fingerprint density at radius 3 is 2.73 bits per heavy atom. The average molecular weight is 153 g/mol. The van der Waals surface area contributed by atoms with Gasteiger partial charge in [0, 0.05) is 0 Å². The van der Waals surface area contributed by atoms with Crippen LogP contribution in [0.3, 0.4) is 0 Å². The van der Waals surface area contributed by atoms with Crippen molar-refractivity contribution in [2.75, 3.05) is 6.54 Å². The van der Waals surface area contributed by atoms with Gasteiger partial charge < -0.3 is 5.73 Å². The maximum Gasteiger partial charge on any atom is -0.00772 e. The lowest BCUT2D eigenvalue weighted by molar-refractivity contribution is 0.405. The zero-order chi connectivity index (χ0) is 7.84. The fraction of sp³-hybridized carbons (Fsp3) is 1.00. The Hall–Kier alpha value is -0.0400. The van der Waals surface area contributed by atoms with Crippen molar-refractivity contribution >= 4 is 0 Å². The molecule has 2 rings (SSSR count). The topological polar surface area (TPSA) is 26.0 Å². The van der Waals surface area contributed by atoms with Crippen molar-refractivity contribution in [3.63, 3.8) is 0 Å². The molecule has 0 aromatic rings. The van der Waals surface area contributed by atoms with E-state index < -0.39 is 0 Å². The minimum Gasteiger partial charge on any atom is -0.330 e. The van der Waals surface area contributed by atoms with Gasteiger partial charge in [-0.3, -0.25) is 0 Å². The molecule has 11 heavy (non-hydrogen) atoms. The SMILES string of the molecule is C[C@H]1C2CC[C@H](CCCN)[C@H]21. The lowest BCUT2D eigenvalue weighted by atomic mass is 9.95. The summed E-state index contributed by atoms with van der Waals surface area (Å²) < 4.78 is 0. The van der Waals surface area contributed by atoms with Crippen LogP contribution in [-0.4, -0.2) is 6.54 Å². The summed E-state index contributed by atoms with van der Waals surface area (Å²) in [6, 6.07) is 0. The van der Waals surface area contributed by atoms with Gasteiger partial charge in [0.25, 0.3) is 0 Å². The van der Waals surface area contributed by atoms with Crippen molar-refractivity contribution in [1.29, 1.82) is 0 Å². The van der Waals surface area contributed by atoms with Gasteiger partial charge in [-0.05, 0) is 55.9 Å². The lowest BCUT2D eigenvalue weighted by Gasteiger charge is -2.11. The number of hydrogen-bond acceptors (Lipinski definition) is 1. The van der Waals surface area contributed by atoms with E-state index in [4.69, 9.17) is 5.73 Å². The Morgan fingerprint density at radius 1 is 1.36 bits per heavy atom. The van der Waals surface area contributed by atoms with E-state index in [2.05, 4.69) is 6.92 Å². The van der Waals surface area contributed by atoms with Gasteiger partial charge in [0.05, 0.1) is 0 Å². The third-order valence-corrected chi connectivity index (χ3v) is 3.83. The normalized spacial score (nSPS) is 47.5. The molecule has 2 N–H and O–H groups in total. The van der Waals surface area contributed by atoms with E-state index in [-0.39, 0.29) is 0 Å². The summed E-state index contributed by atoms with van der Waals surface area (Å²) in [6.07, 6.45) is 5.67. The maximum atomic E-state index is 5.50. The second-order valence-electron chi connectivity index (χ2n) is 4.37. The van der Waals surface area contributed by atoms with Gasteiger partial charge in [0.2, 0.25) is 0 Å². The molecule has 2 aliphatic rings. The molecule has 4 atom stereocenters. The second kappa shape index (κ2) is 2.78. The van der Waals surface area contributed by atoms with E-state index in [0.29, 0.717) is 0 Å². The van der Waals surface area contributed by atoms with Crippen molar-refractivity contribution in [3.8, 4) is 0 Å². The Morgan fingerprint density at radius 2 is 2.18 bits per heavy atom. The second-order valence-corrected chi connectivity index (χ2v) is 4.37. The van der Waals surface area contributed by atoms with Crippen molar-refractivity contribution < 1.29 is 0 Å².